The Morgan fingerprint density at radius 1 is 1.50 bits per heavy atom. The van der Waals surface area contributed by atoms with Gasteiger partial charge in [0.1, 0.15) is 5.82 Å². The minimum Gasteiger partial charge on any atom is -0.391 e. The number of amides is 2. The number of carbonyl (C=O) groups excluding carboxylic acids is 1. The van der Waals surface area contributed by atoms with Crippen molar-refractivity contribution in [2.24, 2.45) is 13.0 Å². The van der Waals surface area contributed by atoms with E-state index in [0.29, 0.717) is 18.2 Å². The van der Waals surface area contributed by atoms with Gasteiger partial charge in [0, 0.05) is 19.7 Å². The van der Waals surface area contributed by atoms with Crippen LogP contribution in [0.1, 0.15) is 39.3 Å². The van der Waals surface area contributed by atoms with E-state index in [2.05, 4.69) is 22.7 Å². The van der Waals surface area contributed by atoms with Gasteiger partial charge in [-0.1, -0.05) is 27.2 Å². The molecule has 3 N–H and O–H groups in total. The third-order valence-electron chi connectivity index (χ3n) is 2.92. The maximum absolute atomic E-state index is 11.7. The molecule has 6 nitrogen and oxygen atoms in total. The summed E-state index contributed by atoms with van der Waals surface area (Å²) in [4.78, 5) is 11.7. The van der Waals surface area contributed by atoms with Gasteiger partial charge in [0.05, 0.1) is 11.8 Å². The van der Waals surface area contributed by atoms with Crippen molar-refractivity contribution >= 4 is 11.8 Å². The summed E-state index contributed by atoms with van der Waals surface area (Å²) in [6, 6.07) is 1.55. The van der Waals surface area contributed by atoms with E-state index >= 15 is 0 Å². The second-order valence-corrected chi connectivity index (χ2v) is 5.51. The molecule has 1 aromatic heterocycles. The van der Waals surface area contributed by atoms with Crippen LogP contribution in [0.25, 0.3) is 0 Å². The fraction of sp³-hybridized carbons (Fsp3) is 0.714. The van der Waals surface area contributed by atoms with Gasteiger partial charge < -0.3 is 10.4 Å². The van der Waals surface area contributed by atoms with Crippen molar-refractivity contribution in [2.75, 3.05) is 11.9 Å². The maximum atomic E-state index is 11.7. The Kier molecular flexibility index (Phi) is 6.51. The van der Waals surface area contributed by atoms with Gasteiger partial charge in [0.15, 0.2) is 0 Å². The van der Waals surface area contributed by atoms with Crippen LogP contribution in [-0.4, -0.2) is 33.6 Å². The fourth-order valence-corrected chi connectivity index (χ4v) is 2.02. The number of nitrogens with zero attached hydrogens (tertiary/aromatic N) is 2. The van der Waals surface area contributed by atoms with E-state index in [4.69, 9.17) is 0 Å². The lowest BCUT2D eigenvalue weighted by Gasteiger charge is -2.14. The Labute approximate surface area is 120 Å². The second kappa shape index (κ2) is 7.89. The summed E-state index contributed by atoms with van der Waals surface area (Å²) in [5, 5.41) is 19.4. The Morgan fingerprint density at radius 3 is 2.80 bits per heavy atom. The first-order valence-electron chi connectivity index (χ1n) is 7.18. The molecule has 0 fully saturated rings. The van der Waals surface area contributed by atoms with Gasteiger partial charge in [0.25, 0.3) is 0 Å². The van der Waals surface area contributed by atoms with Gasteiger partial charge in [-0.3, -0.25) is 10.00 Å². The van der Waals surface area contributed by atoms with Crippen LogP contribution in [-0.2, 0) is 13.5 Å². The molecule has 114 valence electrons. The zero-order valence-electron chi connectivity index (χ0n) is 12.8. The Hall–Kier alpha value is -1.56. The lowest BCUT2D eigenvalue weighted by Crippen LogP contribution is -2.36. The number of hydrogen-bond donors (Lipinski definition) is 3. The largest absolute Gasteiger partial charge is 0.391 e. The van der Waals surface area contributed by atoms with Gasteiger partial charge in [-0.05, 0) is 18.8 Å². The number of nitrogens with one attached hydrogen (secondary N) is 2. The monoisotopic (exact) mass is 282 g/mol. The number of anilines is 1. The predicted molar refractivity (Wildman–Crippen MR) is 79.7 cm³/mol. The first kappa shape index (κ1) is 16.5. The highest BCUT2D eigenvalue weighted by Gasteiger charge is 2.11. The topological polar surface area (TPSA) is 79.2 Å². The van der Waals surface area contributed by atoms with Crippen molar-refractivity contribution in [1.29, 1.82) is 0 Å². The van der Waals surface area contributed by atoms with E-state index in [1.807, 2.05) is 19.9 Å². The molecule has 2 amide bonds. The highest BCUT2D eigenvalue weighted by atomic mass is 16.3. The smallest absolute Gasteiger partial charge is 0.320 e. The lowest BCUT2D eigenvalue weighted by atomic mass is 10.1. The van der Waals surface area contributed by atoms with Crippen LogP contribution >= 0.6 is 0 Å². The van der Waals surface area contributed by atoms with Crippen LogP contribution in [0, 0.1) is 5.92 Å². The number of carbonyl (C=O) groups is 1. The molecule has 20 heavy (non-hydrogen) atoms. The molecule has 1 unspecified atom stereocenters. The van der Waals surface area contributed by atoms with Gasteiger partial charge in [-0.2, -0.15) is 5.10 Å². The van der Waals surface area contributed by atoms with Gasteiger partial charge in [-0.15, -0.1) is 0 Å². The molecular formula is C14H26N4O2. The molecule has 0 bridgehead atoms. The molecule has 6 heteroatoms. The molecule has 1 aromatic rings. The average molecular weight is 282 g/mol. The number of rotatable bonds is 7. The fourth-order valence-electron chi connectivity index (χ4n) is 2.02. The zero-order chi connectivity index (χ0) is 15.1. The number of aromatic nitrogens is 2. The summed E-state index contributed by atoms with van der Waals surface area (Å²) in [5.74, 6) is 1.06. The molecule has 0 aliphatic carbocycles. The maximum Gasteiger partial charge on any atom is 0.320 e. The van der Waals surface area contributed by atoms with Crippen LogP contribution in [0.4, 0.5) is 10.6 Å². The van der Waals surface area contributed by atoms with Crippen LogP contribution in [0.3, 0.4) is 0 Å². The van der Waals surface area contributed by atoms with E-state index in [1.165, 1.54) is 0 Å². The minimum atomic E-state index is -0.511. The molecule has 1 heterocycles. The number of hydrogen-bond acceptors (Lipinski definition) is 3. The summed E-state index contributed by atoms with van der Waals surface area (Å²) >= 11 is 0. The second-order valence-electron chi connectivity index (χ2n) is 5.51. The third-order valence-corrected chi connectivity index (χ3v) is 2.92. The normalized spacial score (nSPS) is 12.5. The Morgan fingerprint density at radius 2 is 2.20 bits per heavy atom. The standard InChI is InChI=1S/C14H26N4O2/c1-5-6-11-8-13(18(4)17-11)16-14(20)15-9-12(19)7-10(2)3/h8,10,12,19H,5-7,9H2,1-4H3,(H2,15,16,20). The van der Waals surface area contributed by atoms with Crippen LogP contribution in [0.5, 0.6) is 0 Å². The first-order chi connectivity index (χ1) is 9.42. The predicted octanol–water partition coefficient (Wildman–Crippen LogP) is 1.90. The number of aliphatic hydroxyl groups excluding tert-OH is 1. The molecule has 0 saturated heterocycles. The van der Waals surface area contributed by atoms with Crippen molar-refractivity contribution in [3.8, 4) is 0 Å². The number of aryl methyl sites for hydroxylation is 2. The highest BCUT2D eigenvalue weighted by Crippen LogP contribution is 2.10. The van der Waals surface area contributed by atoms with E-state index in [9.17, 15) is 9.90 Å². The van der Waals surface area contributed by atoms with E-state index in [-0.39, 0.29) is 12.6 Å². The molecule has 0 saturated carbocycles. The summed E-state index contributed by atoms with van der Waals surface area (Å²) in [6.45, 7) is 6.41. The van der Waals surface area contributed by atoms with E-state index in [1.54, 1.807) is 11.7 Å². The van der Waals surface area contributed by atoms with Crippen LogP contribution < -0.4 is 10.6 Å². The summed E-state index contributed by atoms with van der Waals surface area (Å²) in [5.41, 5.74) is 0.963. The van der Waals surface area contributed by atoms with Crippen LogP contribution in [0.15, 0.2) is 6.07 Å². The average Bonchev–Trinajstić information content (AvgIpc) is 2.67. The Bertz CT molecular complexity index is 429. The summed E-state index contributed by atoms with van der Waals surface area (Å²) in [7, 11) is 1.79. The third kappa shape index (κ3) is 5.61. The molecule has 0 aliphatic rings. The molecule has 0 aromatic carbocycles. The van der Waals surface area contributed by atoms with Crippen molar-refractivity contribution in [2.45, 2.75) is 46.1 Å². The molecule has 0 aliphatic heterocycles. The van der Waals surface area contributed by atoms with Crippen molar-refractivity contribution in [3.05, 3.63) is 11.8 Å². The van der Waals surface area contributed by atoms with E-state index in [0.717, 1.165) is 18.5 Å². The number of aliphatic hydroxyl groups is 1. The zero-order valence-corrected chi connectivity index (χ0v) is 12.8. The van der Waals surface area contributed by atoms with Gasteiger partial charge >= 0.3 is 6.03 Å². The Balaban J connectivity index is 2.42. The molecule has 0 radical (unpaired) electrons. The van der Waals surface area contributed by atoms with Crippen molar-refractivity contribution < 1.29 is 9.90 Å². The number of urea groups is 1. The highest BCUT2D eigenvalue weighted by molar-refractivity contribution is 5.88. The summed E-state index contributed by atoms with van der Waals surface area (Å²) in [6.07, 6.45) is 2.07. The van der Waals surface area contributed by atoms with Gasteiger partial charge in [0.2, 0.25) is 0 Å². The molecule has 0 spiro atoms. The minimum absolute atomic E-state index is 0.254. The van der Waals surface area contributed by atoms with Gasteiger partial charge in [-0.25, -0.2) is 4.79 Å². The molecule has 1 atom stereocenters. The van der Waals surface area contributed by atoms with Crippen molar-refractivity contribution in [1.82, 2.24) is 15.1 Å². The quantitative estimate of drug-likeness (QED) is 0.714. The molecular weight excluding hydrogens is 256 g/mol. The summed E-state index contributed by atoms with van der Waals surface area (Å²) < 4.78 is 1.65. The SMILES string of the molecule is CCCc1cc(NC(=O)NCC(O)CC(C)C)n(C)n1. The molecule has 1 rings (SSSR count). The van der Waals surface area contributed by atoms with E-state index < -0.39 is 6.10 Å². The van der Waals surface area contributed by atoms with Crippen LogP contribution in [0.2, 0.25) is 0 Å². The van der Waals surface area contributed by atoms with Crippen molar-refractivity contribution in [3.63, 3.8) is 0 Å². The first-order valence-corrected chi connectivity index (χ1v) is 7.18. The lowest BCUT2D eigenvalue weighted by molar-refractivity contribution is 0.148.